The molecule has 2 aliphatic heterocycles. The molecule has 0 amide bonds. The average Bonchev–Trinajstić information content (AvgIpc) is 2.60. The summed E-state index contributed by atoms with van der Waals surface area (Å²) in [6, 6.07) is 1.13. The summed E-state index contributed by atoms with van der Waals surface area (Å²) in [5.74, 6) is 1.31. The van der Waals surface area contributed by atoms with Crippen LogP contribution in [0.15, 0.2) is 0 Å². The number of nitrogens with one attached hydrogen (secondary N) is 2. The van der Waals surface area contributed by atoms with Gasteiger partial charge >= 0.3 is 0 Å². The molecule has 4 heteroatoms. The summed E-state index contributed by atoms with van der Waals surface area (Å²) in [7, 11) is 0. The van der Waals surface area contributed by atoms with Crippen molar-refractivity contribution in [2.24, 2.45) is 11.8 Å². The Morgan fingerprint density at radius 3 is 1.23 bits per heavy atom. The Kier molecular flexibility index (Phi) is 7.97. The molecule has 176 valence electrons. The third-order valence-corrected chi connectivity index (χ3v) is 7.66. The van der Waals surface area contributed by atoms with Gasteiger partial charge in [0, 0.05) is 23.2 Å². The Labute approximate surface area is 186 Å². The Morgan fingerprint density at radius 2 is 0.933 bits per heavy atom. The molecule has 0 aromatic carbocycles. The Balaban J connectivity index is 1.46. The predicted molar refractivity (Wildman–Crippen MR) is 126 cm³/mol. The zero-order chi connectivity index (χ0) is 22.1. The van der Waals surface area contributed by atoms with Crippen LogP contribution >= 0.6 is 0 Å². The maximum absolute atomic E-state index is 6.66. The quantitative estimate of drug-likeness (QED) is 0.598. The first-order valence-electron chi connectivity index (χ1n) is 12.8. The van der Waals surface area contributed by atoms with Gasteiger partial charge in [0.2, 0.25) is 0 Å². The normalized spacial score (nSPS) is 39.4. The molecule has 1 saturated carbocycles. The van der Waals surface area contributed by atoms with Gasteiger partial charge in [0.1, 0.15) is 0 Å². The van der Waals surface area contributed by atoms with E-state index in [2.05, 4.69) is 66.0 Å². The maximum atomic E-state index is 6.66. The van der Waals surface area contributed by atoms with Crippen molar-refractivity contribution < 1.29 is 9.47 Å². The van der Waals surface area contributed by atoms with Crippen molar-refractivity contribution in [3.05, 3.63) is 0 Å². The van der Waals surface area contributed by atoms with Crippen LogP contribution in [0.1, 0.15) is 107 Å². The molecule has 3 aliphatic rings. The van der Waals surface area contributed by atoms with Gasteiger partial charge in [0.25, 0.3) is 0 Å². The minimum Gasteiger partial charge on any atom is -0.375 e. The van der Waals surface area contributed by atoms with Gasteiger partial charge in [0.05, 0.1) is 24.4 Å². The SMILES string of the molecule is CC(C)C1CC(OC2CCC(OC3CC(C(C)C)NC(C)(C)C3)CC2)CC(C)(C)N1. The molecular formula is C26H50N2O2. The van der Waals surface area contributed by atoms with E-state index in [9.17, 15) is 0 Å². The fraction of sp³-hybridized carbons (Fsp3) is 1.00. The van der Waals surface area contributed by atoms with Gasteiger partial charge in [-0.05, 0) is 90.9 Å². The molecule has 2 saturated heterocycles. The van der Waals surface area contributed by atoms with Gasteiger partial charge in [-0.25, -0.2) is 0 Å². The fourth-order valence-electron chi connectivity index (χ4n) is 6.04. The third kappa shape index (κ3) is 6.92. The van der Waals surface area contributed by atoms with Crippen molar-refractivity contribution in [3.63, 3.8) is 0 Å². The monoisotopic (exact) mass is 422 g/mol. The van der Waals surface area contributed by atoms with Gasteiger partial charge in [-0.1, -0.05) is 27.7 Å². The highest BCUT2D eigenvalue weighted by Gasteiger charge is 2.38. The number of piperidine rings is 2. The highest BCUT2D eigenvalue weighted by atomic mass is 16.5. The minimum atomic E-state index is 0.174. The summed E-state index contributed by atoms with van der Waals surface area (Å²) in [6.45, 7) is 18.6. The standard InChI is InChI=1S/C26H50N2O2/c1-17(2)23-13-21(15-25(5,6)27-23)29-19-9-11-20(12-10-19)30-22-14-24(18(3)4)28-26(7,8)16-22/h17-24,27-28H,9-16H2,1-8H3. The molecule has 4 atom stereocenters. The van der Waals surface area contributed by atoms with Crippen LogP contribution in [-0.2, 0) is 9.47 Å². The van der Waals surface area contributed by atoms with Crippen LogP contribution in [0.3, 0.4) is 0 Å². The lowest BCUT2D eigenvalue weighted by Gasteiger charge is -2.45. The molecule has 3 rings (SSSR count). The van der Waals surface area contributed by atoms with Crippen LogP contribution in [-0.4, -0.2) is 47.6 Å². The zero-order valence-corrected chi connectivity index (χ0v) is 21.1. The number of ether oxygens (including phenoxy) is 2. The maximum Gasteiger partial charge on any atom is 0.0611 e. The molecule has 30 heavy (non-hydrogen) atoms. The van der Waals surface area contributed by atoms with E-state index in [1.165, 1.54) is 0 Å². The Bertz CT molecular complexity index is 489. The van der Waals surface area contributed by atoms with Crippen molar-refractivity contribution in [1.29, 1.82) is 0 Å². The molecule has 0 radical (unpaired) electrons. The second-order valence-electron chi connectivity index (χ2n) is 12.6. The van der Waals surface area contributed by atoms with Crippen LogP contribution in [0.5, 0.6) is 0 Å². The lowest BCUT2D eigenvalue weighted by Crippen LogP contribution is -2.57. The van der Waals surface area contributed by atoms with Gasteiger partial charge in [-0.3, -0.25) is 0 Å². The van der Waals surface area contributed by atoms with E-state index in [4.69, 9.17) is 9.47 Å². The first-order valence-corrected chi connectivity index (χ1v) is 12.8. The largest absolute Gasteiger partial charge is 0.375 e. The molecule has 3 fully saturated rings. The first kappa shape index (κ1) is 24.5. The van der Waals surface area contributed by atoms with E-state index in [0.717, 1.165) is 51.4 Å². The van der Waals surface area contributed by atoms with E-state index in [-0.39, 0.29) is 11.1 Å². The minimum absolute atomic E-state index is 0.174. The van der Waals surface area contributed by atoms with E-state index in [0.29, 0.717) is 48.3 Å². The van der Waals surface area contributed by atoms with E-state index >= 15 is 0 Å². The second-order valence-corrected chi connectivity index (χ2v) is 12.6. The molecule has 0 spiro atoms. The molecule has 2 N–H and O–H groups in total. The van der Waals surface area contributed by atoms with Gasteiger partial charge < -0.3 is 20.1 Å². The van der Waals surface area contributed by atoms with Gasteiger partial charge in [0.15, 0.2) is 0 Å². The van der Waals surface area contributed by atoms with Crippen LogP contribution < -0.4 is 10.6 Å². The highest BCUT2D eigenvalue weighted by Crippen LogP contribution is 2.34. The predicted octanol–water partition coefficient (Wildman–Crippen LogP) is 5.44. The van der Waals surface area contributed by atoms with Gasteiger partial charge in [-0.15, -0.1) is 0 Å². The van der Waals surface area contributed by atoms with E-state index in [1.807, 2.05) is 0 Å². The van der Waals surface area contributed by atoms with Crippen molar-refractivity contribution in [2.75, 3.05) is 0 Å². The van der Waals surface area contributed by atoms with E-state index < -0.39 is 0 Å². The summed E-state index contributed by atoms with van der Waals surface area (Å²) in [5.41, 5.74) is 0.347. The molecule has 1 aliphatic carbocycles. The Morgan fingerprint density at radius 1 is 0.600 bits per heavy atom. The topological polar surface area (TPSA) is 42.5 Å². The summed E-state index contributed by atoms with van der Waals surface area (Å²) < 4.78 is 13.3. The van der Waals surface area contributed by atoms with Crippen molar-refractivity contribution in [1.82, 2.24) is 10.6 Å². The molecule has 0 bridgehead atoms. The molecule has 4 unspecified atom stereocenters. The Hall–Kier alpha value is -0.160. The molecule has 2 heterocycles. The van der Waals surface area contributed by atoms with Crippen LogP contribution in [0.2, 0.25) is 0 Å². The van der Waals surface area contributed by atoms with Crippen LogP contribution in [0.4, 0.5) is 0 Å². The zero-order valence-electron chi connectivity index (χ0n) is 21.1. The third-order valence-electron chi connectivity index (χ3n) is 7.66. The van der Waals surface area contributed by atoms with E-state index in [1.54, 1.807) is 0 Å². The summed E-state index contributed by atoms with van der Waals surface area (Å²) in [4.78, 5) is 0. The number of hydrogen-bond acceptors (Lipinski definition) is 4. The first-order chi connectivity index (χ1) is 13.9. The smallest absolute Gasteiger partial charge is 0.0611 e. The summed E-state index contributed by atoms with van der Waals surface area (Å²) in [5, 5.41) is 7.65. The second kappa shape index (κ2) is 9.77. The number of hydrogen-bond donors (Lipinski definition) is 2. The highest BCUT2D eigenvalue weighted by molar-refractivity contribution is 4.95. The van der Waals surface area contributed by atoms with Crippen molar-refractivity contribution in [3.8, 4) is 0 Å². The van der Waals surface area contributed by atoms with Crippen LogP contribution in [0.25, 0.3) is 0 Å². The van der Waals surface area contributed by atoms with Crippen molar-refractivity contribution in [2.45, 2.75) is 154 Å². The molecule has 0 aromatic rings. The van der Waals surface area contributed by atoms with Gasteiger partial charge in [-0.2, -0.15) is 0 Å². The lowest BCUT2D eigenvalue weighted by atomic mass is 9.82. The average molecular weight is 423 g/mol. The molecule has 4 nitrogen and oxygen atoms in total. The lowest BCUT2D eigenvalue weighted by molar-refractivity contribution is -0.109. The molecule has 0 aromatic heterocycles. The molecular weight excluding hydrogens is 372 g/mol. The summed E-state index contributed by atoms with van der Waals surface area (Å²) >= 11 is 0. The summed E-state index contributed by atoms with van der Waals surface area (Å²) in [6.07, 6.45) is 10.8. The van der Waals surface area contributed by atoms with Crippen molar-refractivity contribution >= 4 is 0 Å². The van der Waals surface area contributed by atoms with Crippen LogP contribution in [0, 0.1) is 11.8 Å². The number of rotatable bonds is 6. The fourth-order valence-corrected chi connectivity index (χ4v) is 6.04.